The third-order valence-corrected chi connectivity index (χ3v) is 6.12. The third kappa shape index (κ3) is 4.53. The average molecular weight is 464 g/mol. The molecule has 0 saturated carbocycles. The van der Waals surface area contributed by atoms with E-state index in [4.69, 9.17) is 4.74 Å². The van der Waals surface area contributed by atoms with Crippen molar-refractivity contribution >= 4 is 29.3 Å². The second-order valence-electron chi connectivity index (χ2n) is 8.89. The van der Waals surface area contributed by atoms with Gasteiger partial charge in [-0.2, -0.15) is 0 Å². The maximum atomic E-state index is 13.2. The zero-order chi connectivity index (χ0) is 24.4. The molecule has 2 aromatic rings. The summed E-state index contributed by atoms with van der Waals surface area (Å²) in [5.41, 5.74) is 1.29. The van der Waals surface area contributed by atoms with E-state index in [-0.39, 0.29) is 34.9 Å². The van der Waals surface area contributed by atoms with Crippen molar-refractivity contribution in [1.82, 2.24) is 10.2 Å². The molecule has 0 aliphatic carbocycles. The van der Waals surface area contributed by atoms with Gasteiger partial charge >= 0.3 is 0 Å². The molecule has 1 atom stereocenters. The number of likely N-dealkylation sites (tertiary alicyclic amines) is 1. The number of piperidine rings is 1. The molecule has 2 aliphatic rings. The van der Waals surface area contributed by atoms with E-state index in [9.17, 15) is 19.2 Å². The molecule has 1 unspecified atom stereocenters. The van der Waals surface area contributed by atoms with Crippen LogP contribution in [0.15, 0.2) is 42.5 Å². The summed E-state index contributed by atoms with van der Waals surface area (Å²) in [6, 6.07) is 11.3. The molecule has 8 heteroatoms. The Morgan fingerprint density at radius 1 is 1.06 bits per heavy atom. The number of amides is 4. The highest BCUT2D eigenvalue weighted by molar-refractivity contribution is 6.34. The number of hydrogen-bond donors (Lipinski definition) is 1. The van der Waals surface area contributed by atoms with Crippen LogP contribution in [-0.4, -0.2) is 54.3 Å². The van der Waals surface area contributed by atoms with Crippen molar-refractivity contribution in [2.45, 2.75) is 39.7 Å². The maximum absolute atomic E-state index is 13.2. The van der Waals surface area contributed by atoms with Crippen LogP contribution in [0.3, 0.4) is 0 Å². The number of benzene rings is 2. The Kier molecular flexibility index (Phi) is 6.68. The maximum Gasteiger partial charge on any atom is 0.266 e. The van der Waals surface area contributed by atoms with Crippen LogP contribution in [0.25, 0.3) is 0 Å². The molecule has 2 aromatic carbocycles. The Bertz CT molecular complexity index is 1130. The minimum atomic E-state index is -0.459. The first kappa shape index (κ1) is 23.5. The third-order valence-electron chi connectivity index (χ3n) is 6.12. The minimum absolute atomic E-state index is 0.0321. The van der Waals surface area contributed by atoms with Gasteiger partial charge in [0.1, 0.15) is 5.75 Å². The summed E-state index contributed by atoms with van der Waals surface area (Å²) in [6.45, 7) is 7.06. The van der Waals surface area contributed by atoms with Gasteiger partial charge in [0.2, 0.25) is 5.91 Å². The predicted molar refractivity (Wildman–Crippen MR) is 127 cm³/mol. The Labute approximate surface area is 198 Å². The number of ether oxygens (including phenoxy) is 1. The molecule has 1 N–H and O–H groups in total. The topological polar surface area (TPSA) is 96.0 Å². The number of hydrogen-bond acceptors (Lipinski definition) is 5. The van der Waals surface area contributed by atoms with Crippen LogP contribution in [0, 0.1) is 5.92 Å². The van der Waals surface area contributed by atoms with Crippen LogP contribution in [-0.2, 0) is 4.79 Å². The lowest BCUT2D eigenvalue weighted by atomic mass is 10.0. The van der Waals surface area contributed by atoms with E-state index in [1.807, 2.05) is 20.8 Å². The lowest BCUT2D eigenvalue weighted by molar-refractivity contribution is -0.125. The van der Waals surface area contributed by atoms with Gasteiger partial charge in [0.25, 0.3) is 17.7 Å². The number of anilines is 1. The van der Waals surface area contributed by atoms with Crippen molar-refractivity contribution in [3.63, 3.8) is 0 Å². The Morgan fingerprint density at radius 3 is 2.44 bits per heavy atom. The van der Waals surface area contributed by atoms with E-state index in [2.05, 4.69) is 5.32 Å². The molecular formula is C26H29N3O5. The van der Waals surface area contributed by atoms with Crippen LogP contribution in [0.4, 0.5) is 5.69 Å². The Morgan fingerprint density at radius 2 is 1.76 bits per heavy atom. The summed E-state index contributed by atoms with van der Waals surface area (Å²) in [4.78, 5) is 54.1. The van der Waals surface area contributed by atoms with Crippen molar-refractivity contribution in [2.75, 3.05) is 24.6 Å². The van der Waals surface area contributed by atoms with Gasteiger partial charge in [-0.3, -0.25) is 19.2 Å². The van der Waals surface area contributed by atoms with Crippen LogP contribution >= 0.6 is 0 Å². The molecule has 178 valence electrons. The van der Waals surface area contributed by atoms with Crippen LogP contribution < -0.4 is 15.0 Å². The fourth-order valence-corrected chi connectivity index (χ4v) is 4.30. The second kappa shape index (κ2) is 9.67. The van der Waals surface area contributed by atoms with Crippen LogP contribution in [0.2, 0.25) is 0 Å². The van der Waals surface area contributed by atoms with E-state index in [0.29, 0.717) is 36.7 Å². The molecule has 4 rings (SSSR count). The number of nitrogens with zero attached hydrogens (tertiary/aromatic N) is 2. The van der Waals surface area contributed by atoms with Crippen LogP contribution in [0.5, 0.6) is 5.75 Å². The minimum Gasteiger partial charge on any atom is -0.494 e. The second-order valence-corrected chi connectivity index (χ2v) is 8.89. The average Bonchev–Trinajstić information content (AvgIpc) is 3.09. The van der Waals surface area contributed by atoms with E-state index < -0.39 is 11.8 Å². The number of carbonyl (C=O) groups excluding carboxylic acids is 4. The lowest BCUT2D eigenvalue weighted by Crippen LogP contribution is -2.50. The standard InChI is InChI=1S/C26H29N3O5/c1-4-34-20-10-8-19(9-11-20)29-25(32)21-12-7-17(14-22(21)26(29)33)24(31)28-13-5-6-18(15-28)27-23(30)16(2)3/h7-12,14,16,18H,4-6,13,15H2,1-3H3,(H,27,30). The molecule has 34 heavy (non-hydrogen) atoms. The zero-order valence-corrected chi connectivity index (χ0v) is 19.7. The highest BCUT2D eigenvalue weighted by atomic mass is 16.5. The molecule has 0 bridgehead atoms. The number of carbonyl (C=O) groups is 4. The van der Waals surface area contributed by atoms with Gasteiger partial charge in [-0.1, -0.05) is 13.8 Å². The van der Waals surface area contributed by atoms with Gasteiger partial charge in [-0.15, -0.1) is 0 Å². The zero-order valence-electron chi connectivity index (χ0n) is 19.7. The van der Waals surface area contributed by atoms with Crippen molar-refractivity contribution in [3.05, 3.63) is 59.2 Å². The van der Waals surface area contributed by atoms with Crippen molar-refractivity contribution in [2.24, 2.45) is 5.92 Å². The largest absolute Gasteiger partial charge is 0.494 e. The summed E-state index contributed by atoms with van der Waals surface area (Å²) in [6.07, 6.45) is 1.60. The molecule has 1 saturated heterocycles. The highest BCUT2D eigenvalue weighted by Crippen LogP contribution is 2.30. The van der Waals surface area contributed by atoms with E-state index in [1.54, 1.807) is 41.3 Å². The molecule has 0 aromatic heterocycles. The monoisotopic (exact) mass is 463 g/mol. The first-order valence-electron chi connectivity index (χ1n) is 11.7. The lowest BCUT2D eigenvalue weighted by Gasteiger charge is -2.33. The number of fused-ring (bicyclic) bond motifs is 1. The Hall–Kier alpha value is -3.68. The van der Waals surface area contributed by atoms with Crippen LogP contribution in [0.1, 0.15) is 64.7 Å². The fourth-order valence-electron chi connectivity index (χ4n) is 4.30. The first-order chi connectivity index (χ1) is 16.3. The van der Waals surface area contributed by atoms with Crippen molar-refractivity contribution in [1.29, 1.82) is 0 Å². The molecule has 0 spiro atoms. The number of rotatable bonds is 6. The molecule has 4 amide bonds. The SMILES string of the molecule is CCOc1ccc(N2C(=O)c3ccc(C(=O)N4CCCC(NC(=O)C(C)C)C4)cc3C2=O)cc1. The smallest absolute Gasteiger partial charge is 0.266 e. The molecule has 2 heterocycles. The van der Waals surface area contributed by atoms with E-state index in [1.165, 1.54) is 6.07 Å². The molecule has 2 aliphatic heterocycles. The van der Waals surface area contributed by atoms with Crippen molar-refractivity contribution in [3.8, 4) is 5.75 Å². The van der Waals surface area contributed by atoms with Gasteiger partial charge in [0, 0.05) is 30.6 Å². The first-order valence-corrected chi connectivity index (χ1v) is 11.7. The van der Waals surface area contributed by atoms with Gasteiger partial charge in [-0.25, -0.2) is 4.90 Å². The quantitative estimate of drug-likeness (QED) is 0.664. The van der Waals surface area contributed by atoms with Gasteiger partial charge < -0.3 is 15.0 Å². The summed E-state index contributed by atoms with van der Waals surface area (Å²) in [5, 5.41) is 3.00. The number of nitrogens with one attached hydrogen (secondary N) is 1. The summed E-state index contributed by atoms with van der Waals surface area (Å²) < 4.78 is 5.43. The van der Waals surface area contributed by atoms with Crippen molar-refractivity contribution < 1.29 is 23.9 Å². The fraction of sp³-hybridized carbons (Fsp3) is 0.385. The molecule has 0 radical (unpaired) electrons. The summed E-state index contributed by atoms with van der Waals surface area (Å²) in [7, 11) is 0. The highest BCUT2D eigenvalue weighted by Gasteiger charge is 2.37. The summed E-state index contributed by atoms with van der Waals surface area (Å²) in [5.74, 6) is -0.594. The number of imide groups is 1. The normalized spacial score (nSPS) is 17.7. The summed E-state index contributed by atoms with van der Waals surface area (Å²) >= 11 is 0. The van der Waals surface area contributed by atoms with Gasteiger partial charge in [-0.05, 0) is 62.2 Å². The molecule has 8 nitrogen and oxygen atoms in total. The van der Waals surface area contributed by atoms with E-state index >= 15 is 0 Å². The molecule has 1 fully saturated rings. The van der Waals surface area contributed by atoms with E-state index in [0.717, 1.165) is 17.7 Å². The Balaban J connectivity index is 1.51. The predicted octanol–water partition coefficient (Wildman–Crippen LogP) is 3.26. The molecular weight excluding hydrogens is 434 g/mol. The van der Waals surface area contributed by atoms with Gasteiger partial charge in [0.05, 0.1) is 23.4 Å². The van der Waals surface area contributed by atoms with Gasteiger partial charge in [0.15, 0.2) is 0 Å².